The van der Waals surface area contributed by atoms with Crippen LogP contribution in [0.2, 0.25) is 0 Å². The van der Waals surface area contributed by atoms with E-state index in [1.807, 2.05) is 0 Å². The highest BCUT2D eigenvalue weighted by Gasteiger charge is 2.21. The van der Waals surface area contributed by atoms with Gasteiger partial charge in [0.25, 0.3) is 0 Å². The third kappa shape index (κ3) is 3.88. The highest BCUT2D eigenvalue weighted by atomic mass is 19.1. The van der Waals surface area contributed by atoms with E-state index < -0.39 is 48.8 Å². The predicted molar refractivity (Wildman–Crippen MR) is 62.9 cm³/mol. The van der Waals surface area contributed by atoms with Crippen LogP contribution in [0.25, 0.3) is 0 Å². The van der Waals surface area contributed by atoms with Gasteiger partial charge in [-0.05, 0) is 17.7 Å². The predicted octanol–water partition coefficient (Wildman–Crippen LogP) is -0.766. The van der Waals surface area contributed by atoms with Gasteiger partial charge in [-0.25, -0.2) is 8.78 Å². The Balaban J connectivity index is 3.21. The first-order chi connectivity index (χ1) is 8.85. The van der Waals surface area contributed by atoms with E-state index in [2.05, 4.69) is 0 Å². The van der Waals surface area contributed by atoms with Gasteiger partial charge in [0.05, 0.1) is 19.7 Å². The Morgan fingerprint density at radius 1 is 1.11 bits per heavy atom. The van der Waals surface area contributed by atoms with Gasteiger partial charge in [-0.2, -0.15) is 0 Å². The number of aliphatic hydroxyl groups excluding tert-OH is 1. The second-order valence-electron chi connectivity index (χ2n) is 3.85. The molecule has 0 aliphatic heterocycles. The van der Waals surface area contributed by atoms with Crippen LogP contribution in [0.4, 0.5) is 14.5 Å². The zero-order chi connectivity index (χ0) is 14.6. The molecule has 0 aliphatic carbocycles. The number of benzene rings is 1. The van der Waals surface area contributed by atoms with Crippen LogP contribution in [0.5, 0.6) is 0 Å². The number of rotatable bonds is 6. The largest absolute Gasteiger partial charge is 0.392 e. The Kier molecular flexibility index (Phi) is 4.76. The van der Waals surface area contributed by atoms with E-state index in [1.54, 1.807) is 0 Å². The van der Waals surface area contributed by atoms with Crippen LogP contribution < -0.4 is 16.4 Å². The summed E-state index contributed by atoms with van der Waals surface area (Å²) in [4.78, 5) is 22.5. The second kappa shape index (κ2) is 6.10. The van der Waals surface area contributed by atoms with E-state index in [4.69, 9.17) is 16.6 Å². The number of hydrogen-bond acceptors (Lipinski definition) is 4. The summed E-state index contributed by atoms with van der Waals surface area (Å²) in [5.74, 6) is -3.78. The molecule has 2 amide bonds. The third-order valence-corrected chi connectivity index (χ3v) is 2.27. The van der Waals surface area contributed by atoms with Crippen LogP contribution in [0, 0.1) is 11.6 Å². The first kappa shape index (κ1) is 14.8. The summed E-state index contributed by atoms with van der Waals surface area (Å²) in [5.41, 5.74) is 9.33. The summed E-state index contributed by atoms with van der Waals surface area (Å²) in [6.45, 7) is -1.66. The Labute approximate surface area is 107 Å². The Bertz CT molecular complexity index is 469. The van der Waals surface area contributed by atoms with Crippen molar-refractivity contribution in [2.75, 3.05) is 18.0 Å². The average molecular weight is 273 g/mol. The van der Waals surface area contributed by atoms with Gasteiger partial charge in [0, 0.05) is 0 Å². The highest BCUT2D eigenvalue weighted by molar-refractivity contribution is 5.85. The minimum Gasteiger partial charge on any atom is -0.392 e. The van der Waals surface area contributed by atoms with E-state index in [0.29, 0.717) is 0 Å². The molecule has 0 bridgehead atoms. The molecule has 0 aromatic heterocycles. The number of carbonyl (C=O) groups is 2. The van der Waals surface area contributed by atoms with Gasteiger partial charge in [0.15, 0.2) is 0 Å². The number of primary amides is 2. The number of carbonyl (C=O) groups excluding carboxylic acids is 2. The number of anilines is 1. The molecule has 0 spiro atoms. The van der Waals surface area contributed by atoms with Crippen LogP contribution in [0.1, 0.15) is 5.56 Å². The molecule has 0 heterocycles. The molecule has 1 aromatic rings. The molecule has 0 saturated heterocycles. The van der Waals surface area contributed by atoms with Crippen molar-refractivity contribution in [1.82, 2.24) is 0 Å². The molecule has 0 saturated carbocycles. The van der Waals surface area contributed by atoms with E-state index in [9.17, 15) is 18.4 Å². The lowest BCUT2D eigenvalue weighted by molar-refractivity contribution is -0.117. The molecule has 0 atom stereocenters. The minimum absolute atomic E-state index is 0.0249. The monoisotopic (exact) mass is 273 g/mol. The molecule has 1 rings (SSSR count). The van der Waals surface area contributed by atoms with Crippen molar-refractivity contribution >= 4 is 17.5 Å². The lowest BCUT2D eigenvalue weighted by Crippen LogP contribution is -2.40. The van der Waals surface area contributed by atoms with E-state index in [1.165, 1.54) is 0 Å². The van der Waals surface area contributed by atoms with Gasteiger partial charge in [0.1, 0.15) is 17.3 Å². The Hall–Kier alpha value is -2.22. The number of nitrogens with zero attached hydrogens (tertiary/aromatic N) is 1. The highest BCUT2D eigenvalue weighted by Crippen LogP contribution is 2.24. The maximum Gasteiger partial charge on any atom is 0.236 e. The second-order valence-corrected chi connectivity index (χ2v) is 3.85. The fourth-order valence-corrected chi connectivity index (χ4v) is 1.60. The average Bonchev–Trinajstić information content (AvgIpc) is 2.25. The van der Waals surface area contributed by atoms with Crippen molar-refractivity contribution in [3.05, 3.63) is 29.3 Å². The van der Waals surface area contributed by atoms with Crippen molar-refractivity contribution in [3.8, 4) is 0 Å². The fourth-order valence-electron chi connectivity index (χ4n) is 1.60. The van der Waals surface area contributed by atoms with Crippen molar-refractivity contribution < 1.29 is 23.5 Å². The normalized spacial score (nSPS) is 10.3. The summed E-state index contributed by atoms with van der Waals surface area (Å²) in [5, 5.41) is 8.81. The Morgan fingerprint density at radius 2 is 1.53 bits per heavy atom. The quantitative estimate of drug-likeness (QED) is 0.632. The molecule has 0 unspecified atom stereocenters. The molecule has 0 fully saturated rings. The SMILES string of the molecule is NC(=O)CN(CC(N)=O)c1c(F)cc(CO)cc1F. The summed E-state index contributed by atoms with van der Waals surface area (Å²) >= 11 is 0. The van der Waals surface area contributed by atoms with Gasteiger partial charge >= 0.3 is 0 Å². The standard InChI is InChI=1S/C11H13F2N3O3/c12-7-1-6(5-17)2-8(13)11(7)16(3-9(14)18)4-10(15)19/h1-2,17H,3-5H2,(H2,14,18)(H2,15,19). The van der Waals surface area contributed by atoms with Crippen LogP contribution in [0.15, 0.2) is 12.1 Å². The summed E-state index contributed by atoms with van der Waals surface area (Å²) < 4.78 is 27.5. The summed E-state index contributed by atoms with van der Waals surface area (Å²) in [7, 11) is 0. The lowest BCUT2D eigenvalue weighted by atomic mass is 10.1. The van der Waals surface area contributed by atoms with Crippen molar-refractivity contribution in [3.63, 3.8) is 0 Å². The molecule has 5 N–H and O–H groups in total. The maximum atomic E-state index is 13.8. The zero-order valence-electron chi connectivity index (χ0n) is 9.90. The summed E-state index contributed by atoms with van der Waals surface area (Å²) in [6.07, 6.45) is 0. The number of halogens is 2. The van der Waals surface area contributed by atoms with E-state index in [0.717, 1.165) is 17.0 Å². The molecule has 8 heteroatoms. The molecular formula is C11H13F2N3O3. The molecule has 104 valence electrons. The van der Waals surface area contributed by atoms with Gasteiger partial charge in [-0.1, -0.05) is 0 Å². The van der Waals surface area contributed by atoms with Gasteiger partial charge in [0.2, 0.25) is 11.8 Å². The van der Waals surface area contributed by atoms with Crippen LogP contribution >= 0.6 is 0 Å². The van der Waals surface area contributed by atoms with Crippen molar-refractivity contribution in [1.29, 1.82) is 0 Å². The third-order valence-electron chi connectivity index (χ3n) is 2.27. The van der Waals surface area contributed by atoms with E-state index in [-0.39, 0.29) is 5.56 Å². The molecular weight excluding hydrogens is 260 g/mol. The van der Waals surface area contributed by atoms with Crippen molar-refractivity contribution in [2.45, 2.75) is 6.61 Å². The first-order valence-corrected chi connectivity index (χ1v) is 5.25. The van der Waals surface area contributed by atoms with Crippen LogP contribution in [0.3, 0.4) is 0 Å². The number of aliphatic hydroxyl groups is 1. The Morgan fingerprint density at radius 3 is 1.84 bits per heavy atom. The zero-order valence-corrected chi connectivity index (χ0v) is 9.90. The fraction of sp³-hybridized carbons (Fsp3) is 0.273. The topological polar surface area (TPSA) is 110 Å². The maximum absolute atomic E-state index is 13.8. The van der Waals surface area contributed by atoms with Crippen molar-refractivity contribution in [2.24, 2.45) is 11.5 Å². The first-order valence-electron chi connectivity index (χ1n) is 5.25. The summed E-state index contributed by atoms with van der Waals surface area (Å²) in [6, 6.07) is 1.79. The van der Waals surface area contributed by atoms with Crippen LogP contribution in [-0.2, 0) is 16.2 Å². The van der Waals surface area contributed by atoms with Gasteiger partial charge < -0.3 is 21.5 Å². The molecule has 0 radical (unpaired) electrons. The lowest BCUT2D eigenvalue weighted by Gasteiger charge is -2.23. The molecule has 1 aromatic carbocycles. The minimum atomic E-state index is -1.02. The molecule has 19 heavy (non-hydrogen) atoms. The molecule has 0 aliphatic rings. The van der Waals surface area contributed by atoms with E-state index >= 15 is 0 Å². The van der Waals surface area contributed by atoms with Crippen LogP contribution in [-0.4, -0.2) is 30.0 Å². The number of nitrogens with two attached hydrogens (primary N) is 2. The number of hydrogen-bond donors (Lipinski definition) is 3. The molecule has 6 nitrogen and oxygen atoms in total. The smallest absolute Gasteiger partial charge is 0.236 e. The number of amides is 2. The van der Waals surface area contributed by atoms with Gasteiger partial charge in [-0.3, -0.25) is 9.59 Å². The van der Waals surface area contributed by atoms with Gasteiger partial charge in [-0.15, -0.1) is 0 Å².